The molecule has 0 fully saturated rings. The van der Waals surface area contributed by atoms with E-state index in [-0.39, 0.29) is 24.4 Å². The predicted molar refractivity (Wildman–Crippen MR) is 125 cm³/mol. The van der Waals surface area contributed by atoms with Crippen molar-refractivity contribution in [2.24, 2.45) is 0 Å². The number of rotatable bonds is 6. The van der Waals surface area contributed by atoms with Crippen molar-refractivity contribution in [2.75, 3.05) is 12.4 Å². The van der Waals surface area contributed by atoms with Crippen molar-refractivity contribution in [3.05, 3.63) is 81.7 Å². The number of hydrogen-bond donors (Lipinski definition) is 1. The van der Waals surface area contributed by atoms with E-state index in [0.29, 0.717) is 21.5 Å². The first-order chi connectivity index (χ1) is 15.5. The molecule has 4 aromatic rings. The third-order valence-electron chi connectivity index (χ3n) is 5.06. The fraction of sp³-hybridized carbons (Fsp3) is 0.167. The molecule has 7 nitrogen and oxygen atoms in total. The van der Waals surface area contributed by atoms with Crippen LogP contribution in [0.25, 0.3) is 21.3 Å². The summed E-state index contributed by atoms with van der Waals surface area (Å²) in [4.78, 5) is 43.5. The van der Waals surface area contributed by atoms with Gasteiger partial charge in [0, 0.05) is 29.1 Å². The molecule has 2 aromatic heterocycles. The van der Waals surface area contributed by atoms with Crippen molar-refractivity contribution in [3.8, 4) is 11.1 Å². The molecule has 0 saturated heterocycles. The van der Waals surface area contributed by atoms with Crippen molar-refractivity contribution in [2.45, 2.75) is 19.9 Å². The number of anilines is 1. The Balaban J connectivity index is 1.54. The number of thiophene rings is 1. The highest BCUT2D eigenvalue weighted by Crippen LogP contribution is 2.35. The van der Waals surface area contributed by atoms with Crippen LogP contribution in [0.4, 0.5) is 5.69 Å². The van der Waals surface area contributed by atoms with Gasteiger partial charge >= 0.3 is 5.97 Å². The van der Waals surface area contributed by atoms with E-state index in [1.54, 1.807) is 24.3 Å². The number of nitrogens with one attached hydrogen (secondary N) is 1. The highest BCUT2D eigenvalue weighted by atomic mass is 32.1. The molecule has 0 aliphatic heterocycles. The van der Waals surface area contributed by atoms with Gasteiger partial charge in [0.15, 0.2) is 0 Å². The molecule has 2 heterocycles. The Morgan fingerprint density at radius 3 is 2.66 bits per heavy atom. The Hall–Kier alpha value is -3.78. The van der Waals surface area contributed by atoms with E-state index in [4.69, 9.17) is 4.74 Å². The van der Waals surface area contributed by atoms with Crippen LogP contribution in [0.15, 0.2) is 65.7 Å². The zero-order chi connectivity index (χ0) is 22.7. The molecular weight excluding hydrogens is 426 g/mol. The van der Waals surface area contributed by atoms with E-state index in [1.807, 2.05) is 37.3 Å². The van der Waals surface area contributed by atoms with Gasteiger partial charge in [-0.15, -0.1) is 11.3 Å². The van der Waals surface area contributed by atoms with Gasteiger partial charge in [0.25, 0.3) is 5.56 Å². The summed E-state index contributed by atoms with van der Waals surface area (Å²) < 4.78 is 6.16. The maximum atomic E-state index is 13.2. The fourth-order valence-corrected chi connectivity index (χ4v) is 4.54. The highest BCUT2D eigenvalue weighted by Gasteiger charge is 2.17. The normalized spacial score (nSPS) is 10.8. The Labute approximate surface area is 188 Å². The molecule has 1 N–H and O–H groups in total. The molecule has 0 radical (unpaired) electrons. The first kappa shape index (κ1) is 21.5. The molecule has 32 heavy (non-hydrogen) atoms. The van der Waals surface area contributed by atoms with Crippen molar-refractivity contribution in [1.29, 1.82) is 0 Å². The quantitative estimate of drug-likeness (QED) is 0.446. The van der Waals surface area contributed by atoms with E-state index >= 15 is 0 Å². The first-order valence-electron chi connectivity index (χ1n) is 10.00. The average molecular weight is 448 g/mol. The number of esters is 1. The number of ether oxygens (including phenoxy) is 1. The van der Waals surface area contributed by atoms with Gasteiger partial charge in [-0.05, 0) is 30.7 Å². The summed E-state index contributed by atoms with van der Waals surface area (Å²) in [6.45, 7) is 2.17. The van der Waals surface area contributed by atoms with Gasteiger partial charge in [-0.2, -0.15) is 0 Å². The highest BCUT2D eigenvalue weighted by molar-refractivity contribution is 7.19. The topological polar surface area (TPSA) is 90.3 Å². The first-order valence-corrected chi connectivity index (χ1v) is 10.8. The lowest BCUT2D eigenvalue weighted by Crippen LogP contribution is -2.23. The van der Waals surface area contributed by atoms with E-state index in [2.05, 4.69) is 10.3 Å². The van der Waals surface area contributed by atoms with Crippen LogP contribution in [-0.4, -0.2) is 28.5 Å². The third-order valence-corrected chi connectivity index (χ3v) is 6.08. The van der Waals surface area contributed by atoms with E-state index in [0.717, 1.165) is 16.0 Å². The minimum atomic E-state index is -0.479. The maximum Gasteiger partial charge on any atom is 0.337 e. The molecule has 0 unspecified atom stereocenters. The second kappa shape index (κ2) is 9.15. The lowest BCUT2D eigenvalue weighted by atomic mass is 10.0. The summed E-state index contributed by atoms with van der Waals surface area (Å²) in [5.74, 6) is -0.754. The lowest BCUT2D eigenvalue weighted by molar-refractivity contribution is -0.116. The number of amides is 1. The van der Waals surface area contributed by atoms with Crippen molar-refractivity contribution < 1.29 is 14.3 Å². The SMILES string of the molecule is COC(=O)c1cccc(NC(=O)CCn2cnc3sc(C)c(-c4ccccc4)c3c2=O)c1. The van der Waals surface area contributed by atoms with Crippen LogP contribution in [0.2, 0.25) is 0 Å². The van der Waals surface area contributed by atoms with Crippen molar-refractivity contribution in [3.63, 3.8) is 0 Å². The van der Waals surface area contributed by atoms with Gasteiger partial charge in [0.1, 0.15) is 4.83 Å². The van der Waals surface area contributed by atoms with Gasteiger partial charge < -0.3 is 10.1 Å². The minimum Gasteiger partial charge on any atom is -0.465 e. The van der Waals surface area contributed by atoms with Gasteiger partial charge in [0.2, 0.25) is 5.91 Å². The molecule has 0 aliphatic carbocycles. The Kier molecular flexibility index (Phi) is 6.13. The molecule has 4 rings (SSSR count). The molecule has 162 valence electrons. The second-order valence-electron chi connectivity index (χ2n) is 7.19. The van der Waals surface area contributed by atoms with Crippen LogP contribution in [-0.2, 0) is 16.1 Å². The maximum absolute atomic E-state index is 13.2. The lowest BCUT2D eigenvalue weighted by Gasteiger charge is -2.09. The monoisotopic (exact) mass is 447 g/mol. The van der Waals surface area contributed by atoms with E-state index < -0.39 is 5.97 Å². The average Bonchev–Trinajstić information content (AvgIpc) is 3.15. The molecule has 1 amide bonds. The molecule has 0 atom stereocenters. The third kappa shape index (κ3) is 4.31. The number of carbonyl (C=O) groups excluding carboxylic acids is 2. The summed E-state index contributed by atoms with van der Waals surface area (Å²) in [6.07, 6.45) is 1.57. The van der Waals surface area contributed by atoms with Crippen LogP contribution >= 0.6 is 11.3 Å². The molecule has 8 heteroatoms. The summed E-state index contributed by atoms with van der Waals surface area (Å²) in [5.41, 5.74) is 2.52. The van der Waals surface area contributed by atoms with Gasteiger partial charge in [-0.25, -0.2) is 9.78 Å². The molecular formula is C24H21N3O4S. The summed E-state index contributed by atoms with van der Waals surface area (Å²) in [5, 5.41) is 3.33. The number of carbonyl (C=O) groups is 2. The number of aromatic nitrogens is 2. The number of aryl methyl sites for hydroxylation is 2. The van der Waals surface area contributed by atoms with E-state index in [9.17, 15) is 14.4 Å². The van der Waals surface area contributed by atoms with E-state index in [1.165, 1.54) is 29.3 Å². The predicted octanol–water partition coefficient (Wildman–Crippen LogP) is 4.25. The second-order valence-corrected chi connectivity index (χ2v) is 8.40. The number of methoxy groups -OCH3 is 1. The summed E-state index contributed by atoms with van der Waals surface area (Å²) >= 11 is 1.49. The zero-order valence-corrected chi connectivity index (χ0v) is 18.4. The molecule has 0 saturated carbocycles. The largest absolute Gasteiger partial charge is 0.465 e. The number of hydrogen-bond acceptors (Lipinski definition) is 6. The van der Waals surface area contributed by atoms with Crippen LogP contribution in [0.5, 0.6) is 0 Å². The number of benzene rings is 2. The van der Waals surface area contributed by atoms with Gasteiger partial charge in [-0.1, -0.05) is 36.4 Å². The van der Waals surface area contributed by atoms with Crippen LogP contribution in [0.1, 0.15) is 21.7 Å². The van der Waals surface area contributed by atoms with Crippen LogP contribution in [0.3, 0.4) is 0 Å². The van der Waals surface area contributed by atoms with Gasteiger partial charge in [-0.3, -0.25) is 14.2 Å². The number of nitrogens with zero attached hydrogens (tertiary/aromatic N) is 2. The smallest absolute Gasteiger partial charge is 0.337 e. The standard InChI is InChI=1S/C24H21N3O4S/c1-15-20(16-7-4-3-5-8-16)21-22(32-15)25-14-27(23(21)29)12-11-19(28)26-18-10-6-9-17(13-18)24(30)31-2/h3-10,13-14H,11-12H2,1-2H3,(H,26,28). The van der Waals surface area contributed by atoms with Crippen molar-refractivity contribution in [1.82, 2.24) is 9.55 Å². The zero-order valence-electron chi connectivity index (χ0n) is 17.6. The Morgan fingerprint density at radius 2 is 1.91 bits per heavy atom. The van der Waals surface area contributed by atoms with Gasteiger partial charge in [0.05, 0.1) is 24.4 Å². The fourth-order valence-electron chi connectivity index (χ4n) is 3.54. The summed E-state index contributed by atoms with van der Waals surface area (Å²) in [6, 6.07) is 16.3. The van der Waals surface area contributed by atoms with Crippen molar-refractivity contribution >= 4 is 39.1 Å². The minimum absolute atomic E-state index is 0.0827. The van der Waals surface area contributed by atoms with Crippen LogP contribution < -0.4 is 10.9 Å². The molecule has 0 aliphatic rings. The Bertz CT molecular complexity index is 1360. The van der Waals surface area contributed by atoms with Crippen LogP contribution in [0, 0.1) is 6.92 Å². The summed E-state index contributed by atoms with van der Waals surface area (Å²) in [7, 11) is 1.30. The molecule has 0 bridgehead atoms. The number of fused-ring (bicyclic) bond motifs is 1. The Morgan fingerprint density at radius 1 is 1.12 bits per heavy atom. The molecule has 0 spiro atoms. The molecule has 2 aromatic carbocycles.